The molecule has 6 heteroatoms. The summed E-state index contributed by atoms with van der Waals surface area (Å²) in [6, 6.07) is 7.65. The fraction of sp³-hybridized carbons (Fsp3) is 0.417. The summed E-state index contributed by atoms with van der Waals surface area (Å²) in [6.45, 7) is 4.42. The summed E-state index contributed by atoms with van der Waals surface area (Å²) >= 11 is 0. The lowest BCUT2D eigenvalue weighted by Crippen LogP contribution is -2.11. The molecular weight excluding hydrogens is 230 g/mol. The SMILES string of the molecule is CCC(C)Oc1cccc(-n2nnnc2CN)c1. The molecular formula is C12H17N5O. The van der Waals surface area contributed by atoms with Crippen LogP contribution in [0.25, 0.3) is 5.69 Å². The molecule has 1 aromatic carbocycles. The number of ether oxygens (including phenoxy) is 1. The van der Waals surface area contributed by atoms with E-state index >= 15 is 0 Å². The van der Waals surface area contributed by atoms with E-state index in [4.69, 9.17) is 10.5 Å². The van der Waals surface area contributed by atoms with Crippen LogP contribution in [-0.2, 0) is 6.54 Å². The van der Waals surface area contributed by atoms with Gasteiger partial charge in [-0.3, -0.25) is 0 Å². The molecule has 0 saturated carbocycles. The Morgan fingerprint density at radius 2 is 2.28 bits per heavy atom. The second kappa shape index (κ2) is 5.59. The minimum Gasteiger partial charge on any atom is -0.491 e. The second-order valence-corrected chi connectivity index (χ2v) is 4.05. The number of nitrogens with zero attached hydrogens (tertiary/aromatic N) is 4. The van der Waals surface area contributed by atoms with E-state index in [1.807, 2.05) is 31.2 Å². The van der Waals surface area contributed by atoms with Gasteiger partial charge < -0.3 is 10.5 Å². The molecule has 0 saturated heterocycles. The zero-order valence-corrected chi connectivity index (χ0v) is 10.6. The van der Waals surface area contributed by atoms with Gasteiger partial charge >= 0.3 is 0 Å². The summed E-state index contributed by atoms with van der Waals surface area (Å²) in [5.41, 5.74) is 6.43. The fourth-order valence-electron chi connectivity index (χ4n) is 1.54. The first kappa shape index (κ1) is 12.5. The van der Waals surface area contributed by atoms with Crippen molar-refractivity contribution in [3.05, 3.63) is 30.1 Å². The lowest BCUT2D eigenvalue weighted by molar-refractivity contribution is 0.217. The Balaban J connectivity index is 2.27. The standard InChI is InChI=1S/C12H17N5O/c1-3-9(2)18-11-6-4-5-10(7-11)17-12(8-13)14-15-16-17/h4-7,9H,3,8,13H2,1-2H3. The quantitative estimate of drug-likeness (QED) is 0.861. The maximum Gasteiger partial charge on any atom is 0.170 e. The van der Waals surface area contributed by atoms with Gasteiger partial charge in [0.1, 0.15) is 5.75 Å². The molecule has 0 aliphatic rings. The lowest BCUT2D eigenvalue weighted by atomic mass is 10.2. The molecule has 0 aliphatic carbocycles. The molecule has 2 N–H and O–H groups in total. The number of nitrogens with two attached hydrogens (primary N) is 1. The van der Waals surface area contributed by atoms with Gasteiger partial charge in [-0.05, 0) is 35.9 Å². The average molecular weight is 247 g/mol. The van der Waals surface area contributed by atoms with Crippen molar-refractivity contribution >= 4 is 0 Å². The third-order valence-corrected chi connectivity index (χ3v) is 2.69. The molecule has 1 aromatic heterocycles. The molecule has 6 nitrogen and oxygen atoms in total. The minimum absolute atomic E-state index is 0.183. The number of hydrogen-bond acceptors (Lipinski definition) is 5. The van der Waals surface area contributed by atoms with Crippen LogP contribution in [0.4, 0.5) is 0 Å². The van der Waals surface area contributed by atoms with Gasteiger partial charge in [-0.2, -0.15) is 4.68 Å². The van der Waals surface area contributed by atoms with Gasteiger partial charge in [0.2, 0.25) is 0 Å². The van der Waals surface area contributed by atoms with Crippen molar-refractivity contribution in [2.24, 2.45) is 5.73 Å². The molecule has 18 heavy (non-hydrogen) atoms. The Kier molecular flexibility index (Phi) is 3.88. The Labute approximate surface area is 106 Å². The molecule has 0 fully saturated rings. The van der Waals surface area contributed by atoms with Crippen molar-refractivity contribution in [2.75, 3.05) is 0 Å². The number of tetrazole rings is 1. The van der Waals surface area contributed by atoms with Crippen molar-refractivity contribution in [3.63, 3.8) is 0 Å². The summed E-state index contributed by atoms with van der Waals surface area (Å²) in [7, 11) is 0. The van der Waals surface area contributed by atoms with Gasteiger partial charge in [-0.25, -0.2) is 0 Å². The van der Waals surface area contributed by atoms with E-state index in [0.29, 0.717) is 12.4 Å². The van der Waals surface area contributed by atoms with Crippen molar-refractivity contribution in [2.45, 2.75) is 32.9 Å². The highest BCUT2D eigenvalue weighted by atomic mass is 16.5. The molecule has 1 heterocycles. The highest BCUT2D eigenvalue weighted by molar-refractivity contribution is 5.38. The normalized spacial score (nSPS) is 12.4. The first-order valence-electron chi connectivity index (χ1n) is 5.99. The molecule has 1 unspecified atom stereocenters. The summed E-state index contributed by atoms with van der Waals surface area (Å²) in [5.74, 6) is 1.43. The molecule has 0 bridgehead atoms. The Morgan fingerprint density at radius 3 is 3.00 bits per heavy atom. The van der Waals surface area contributed by atoms with Crippen LogP contribution in [-0.4, -0.2) is 26.3 Å². The number of hydrogen-bond donors (Lipinski definition) is 1. The summed E-state index contributed by atoms with van der Waals surface area (Å²) in [4.78, 5) is 0. The minimum atomic E-state index is 0.183. The van der Waals surface area contributed by atoms with Gasteiger partial charge in [0, 0.05) is 6.07 Å². The molecule has 0 amide bonds. The summed E-state index contributed by atoms with van der Waals surface area (Å²) in [6.07, 6.45) is 1.14. The van der Waals surface area contributed by atoms with Crippen molar-refractivity contribution < 1.29 is 4.74 Å². The Morgan fingerprint density at radius 1 is 1.44 bits per heavy atom. The number of rotatable bonds is 5. The maximum absolute atomic E-state index is 5.76. The third kappa shape index (κ3) is 2.65. The van der Waals surface area contributed by atoms with Crippen LogP contribution in [0, 0.1) is 0 Å². The second-order valence-electron chi connectivity index (χ2n) is 4.05. The molecule has 0 aliphatic heterocycles. The van der Waals surface area contributed by atoms with Crippen LogP contribution in [0.1, 0.15) is 26.1 Å². The van der Waals surface area contributed by atoms with Gasteiger partial charge in [-0.15, -0.1) is 5.10 Å². The van der Waals surface area contributed by atoms with Crippen LogP contribution < -0.4 is 10.5 Å². The van der Waals surface area contributed by atoms with E-state index in [-0.39, 0.29) is 6.10 Å². The summed E-state index contributed by atoms with van der Waals surface area (Å²) in [5, 5.41) is 11.4. The Bertz CT molecular complexity index is 511. The molecule has 96 valence electrons. The lowest BCUT2D eigenvalue weighted by Gasteiger charge is -2.13. The van der Waals surface area contributed by atoms with Gasteiger partial charge in [0.05, 0.1) is 18.3 Å². The van der Waals surface area contributed by atoms with Crippen LogP contribution in [0.15, 0.2) is 24.3 Å². The summed E-state index contributed by atoms with van der Waals surface area (Å²) < 4.78 is 7.38. The van der Waals surface area contributed by atoms with Crippen molar-refractivity contribution in [3.8, 4) is 11.4 Å². The van der Waals surface area contributed by atoms with E-state index < -0.39 is 0 Å². The highest BCUT2D eigenvalue weighted by Crippen LogP contribution is 2.18. The maximum atomic E-state index is 5.76. The van der Waals surface area contributed by atoms with E-state index in [0.717, 1.165) is 17.9 Å². The van der Waals surface area contributed by atoms with Crippen LogP contribution >= 0.6 is 0 Å². The van der Waals surface area contributed by atoms with Crippen molar-refractivity contribution in [1.29, 1.82) is 0 Å². The van der Waals surface area contributed by atoms with E-state index in [9.17, 15) is 0 Å². The first-order valence-corrected chi connectivity index (χ1v) is 5.99. The topological polar surface area (TPSA) is 78.8 Å². The zero-order chi connectivity index (χ0) is 13.0. The van der Waals surface area contributed by atoms with Gasteiger partial charge in [0.15, 0.2) is 5.82 Å². The Hall–Kier alpha value is -1.95. The van der Waals surface area contributed by atoms with Gasteiger partial charge in [0.25, 0.3) is 0 Å². The smallest absolute Gasteiger partial charge is 0.170 e. The van der Waals surface area contributed by atoms with Gasteiger partial charge in [-0.1, -0.05) is 13.0 Å². The van der Waals surface area contributed by atoms with Crippen LogP contribution in [0.3, 0.4) is 0 Å². The van der Waals surface area contributed by atoms with E-state index in [1.54, 1.807) is 4.68 Å². The van der Waals surface area contributed by atoms with Crippen molar-refractivity contribution in [1.82, 2.24) is 20.2 Å². The monoisotopic (exact) mass is 247 g/mol. The fourth-order valence-corrected chi connectivity index (χ4v) is 1.54. The predicted octanol–water partition coefficient (Wildman–Crippen LogP) is 1.30. The molecule has 1 atom stereocenters. The van der Waals surface area contributed by atoms with Crippen LogP contribution in [0.5, 0.6) is 5.75 Å². The zero-order valence-electron chi connectivity index (χ0n) is 10.6. The van der Waals surface area contributed by atoms with E-state index in [2.05, 4.69) is 22.4 Å². The molecule has 0 radical (unpaired) electrons. The predicted molar refractivity (Wildman–Crippen MR) is 67.4 cm³/mol. The average Bonchev–Trinajstić information content (AvgIpc) is 2.87. The van der Waals surface area contributed by atoms with E-state index in [1.165, 1.54) is 0 Å². The first-order chi connectivity index (χ1) is 8.74. The number of benzene rings is 1. The number of aromatic nitrogens is 4. The molecule has 2 rings (SSSR count). The molecule has 2 aromatic rings. The molecule has 0 spiro atoms. The third-order valence-electron chi connectivity index (χ3n) is 2.69. The largest absolute Gasteiger partial charge is 0.491 e. The highest BCUT2D eigenvalue weighted by Gasteiger charge is 2.08. The van der Waals surface area contributed by atoms with Crippen LogP contribution in [0.2, 0.25) is 0 Å².